The first kappa shape index (κ1) is 14.1. The zero-order valence-electron chi connectivity index (χ0n) is 11.5. The van der Waals surface area contributed by atoms with Crippen LogP contribution in [0.3, 0.4) is 0 Å². The number of anilines is 2. The molecule has 1 aliphatic carbocycles. The number of benzene rings is 1. The molecular formula is C14H20F2N2O. The molecule has 0 spiro atoms. The van der Waals surface area contributed by atoms with E-state index in [4.69, 9.17) is 10.5 Å². The minimum atomic E-state index is -0.659. The lowest BCUT2D eigenvalue weighted by atomic mass is 9.64. The molecule has 19 heavy (non-hydrogen) atoms. The van der Waals surface area contributed by atoms with Gasteiger partial charge in [-0.1, -0.05) is 13.8 Å². The van der Waals surface area contributed by atoms with Gasteiger partial charge in [-0.2, -0.15) is 0 Å². The van der Waals surface area contributed by atoms with Crippen LogP contribution in [0, 0.1) is 17.0 Å². The second-order valence-electron chi connectivity index (χ2n) is 5.56. The van der Waals surface area contributed by atoms with Gasteiger partial charge in [-0.05, 0) is 25.5 Å². The number of halogens is 2. The molecule has 1 aromatic rings. The van der Waals surface area contributed by atoms with E-state index in [1.165, 1.54) is 0 Å². The molecule has 0 amide bonds. The van der Waals surface area contributed by atoms with E-state index in [2.05, 4.69) is 5.32 Å². The van der Waals surface area contributed by atoms with Crippen LogP contribution < -0.4 is 11.1 Å². The number of ether oxygens (including phenoxy) is 1. The molecule has 1 aromatic carbocycles. The lowest BCUT2D eigenvalue weighted by Crippen LogP contribution is -2.58. The maximum absolute atomic E-state index is 13.7. The molecule has 3 nitrogen and oxygen atoms in total. The van der Waals surface area contributed by atoms with Gasteiger partial charge in [-0.25, -0.2) is 8.78 Å². The quantitative estimate of drug-likeness (QED) is 0.826. The Bertz CT molecular complexity index is 454. The molecule has 5 heteroatoms. The molecule has 2 unspecified atom stereocenters. The SMILES string of the molecule is CCOC1CC(Nc2c(F)cc(N)cc2F)C1(C)C. The van der Waals surface area contributed by atoms with Crippen LogP contribution in [0.15, 0.2) is 12.1 Å². The highest BCUT2D eigenvalue weighted by molar-refractivity contribution is 5.55. The van der Waals surface area contributed by atoms with Crippen LogP contribution in [0.2, 0.25) is 0 Å². The van der Waals surface area contributed by atoms with E-state index >= 15 is 0 Å². The van der Waals surface area contributed by atoms with Gasteiger partial charge in [0.15, 0.2) is 11.6 Å². The van der Waals surface area contributed by atoms with Gasteiger partial charge in [-0.15, -0.1) is 0 Å². The molecule has 1 saturated carbocycles. The highest BCUT2D eigenvalue weighted by Gasteiger charge is 2.49. The standard InChI is InChI=1S/C14H20F2N2O/c1-4-19-12-7-11(14(12,2)3)18-13-9(15)5-8(17)6-10(13)16/h5-6,11-12,18H,4,7,17H2,1-3H3. The number of hydrogen-bond donors (Lipinski definition) is 2. The molecule has 0 aromatic heterocycles. The van der Waals surface area contributed by atoms with Gasteiger partial charge >= 0.3 is 0 Å². The topological polar surface area (TPSA) is 47.3 Å². The Labute approximate surface area is 112 Å². The number of nitrogen functional groups attached to an aromatic ring is 1. The average molecular weight is 270 g/mol. The van der Waals surface area contributed by atoms with E-state index in [0.717, 1.165) is 18.6 Å². The zero-order valence-corrected chi connectivity index (χ0v) is 11.5. The third kappa shape index (κ3) is 2.52. The van der Waals surface area contributed by atoms with E-state index in [-0.39, 0.29) is 28.9 Å². The number of rotatable bonds is 4. The number of nitrogens with two attached hydrogens (primary N) is 1. The summed E-state index contributed by atoms with van der Waals surface area (Å²) in [4.78, 5) is 0. The van der Waals surface area contributed by atoms with Crippen LogP contribution in [0.1, 0.15) is 27.2 Å². The summed E-state index contributed by atoms with van der Waals surface area (Å²) in [5.74, 6) is -1.32. The van der Waals surface area contributed by atoms with E-state index in [0.29, 0.717) is 6.61 Å². The van der Waals surface area contributed by atoms with Crippen LogP contribution in [-0.2, 0) is 4.74 Å². The fourth-order valence-electron chi connectivity index (χ4n) is 2.52. The molecule has 2 rings (SSSR count). The lowest BCUT2D eigenvalue weighted by Gasteiger charge is -2.52. The third-order valence-electron chi connectivity index (χ3n) is 3.93. The van der Waals surface area contributed by atoms with E-state index in [1.54, 1.807) is 0 Å². The number of hydrogen-bond acceptors (Lipinski definition) is 3. The Balaban J connectivity index is 2.12. The first-order chi connectivity index (χ1) is 8.86. The van der Waals surface area contributed by atoms with E-state index in [9.17, 15) is 8.78 Å². The van der Waals surface area contributed by atoms with Crippen molar-refractivity contribution in [1.29, 1.82) is 0 Å². The van der Waals surface area contributed by atoms with Gasteiger partial charge in [0, 0.05) is 23.8 Å². The van der Waals surface area contributed by atoms with Crippen LogP contribution in [0.25, 0.3) is 0 Å². The summed E-state index contributed by atoms with van der Waals surface area (Å²) in [6.45, 7) is 6.64. The average Bonchev–Trinajstić information content (AvgIpc) is 2.30. The third-order valence-corrected chi connectivity index (χ3v) is 3.93. The lowest BCUT2D eigenvalue weighted by molar-refractivity contribution is -0.0977. The molecule has 0 saturated heterocycles. The molecule has 1 fully saturated rings. The monoisotopic (exact) mass is 270 g/mol. The van der Waals surface area contributed by atoms with Crippen molar-refractivity contribution in [3.8, 4) is 0 Å². The van der Waals surface area contributed by atoms with Gasteiger partial charge in [0.1, 0.15) is 5.69 Å². The smallest absolute Gasteiger partial charge is 0.151 e. The zero-order chi connectivity index (χ0) is 14.2. The molecule has 106 valence electrons. The summed E-state index contributed by atoms with van der Waals surface area (Å²) in [6.07, 6.45) is 0.860. The van der Waals surface area contributed by atoms with Crippen molar-refractivity contribution >= 4 is 11.4 Å². The summed E-state index contributed by atoms with van der Waals surface area (Å²) in [5.41, 5.74) is 5.21. The predicted molar refractivity (Wildman–Crippen MR) is 72.0 cm³/mol. The van der Waals surface area contributed by atoms with E-state index in [1.807, 2.05) is 20.8 Å². The van der Waals surface area contributed by atoms with Crippen LogP contribution >= 0.6 is 0 Å². The van der Waals surface area contributed by atoms with Crippen molar-refractivity contribution in [3.05, 3.63) is 23.8 Å². The Kier molecular flexibility index (Phi) is 3.67. The fraction of sp³-hybridized carbons (Fsp3) is 0.571. The largest absolute Gasteiger partial charge is 0.399 e. The second kappa shape index (κ2) is 4.96. The fourth-order valence-corrected chi connectivity index (χ4v) is 2.52. The first-order valence-electron chi connectivity index (χ1n) is 6.49. The molecule has 0 heterocycles. The van der Waals surface area contributed by atoms with Crippen LogP contribution in [0.4, 0.5) is 20.2 Å². The van der Waals surface area contributed by atoms with Gasteiger partial charge in [-0.3, -0.25) is 0 Å². The summed E-state index contributed by atoms with van der Waals surface area (Å²) in [5, 5.41) is 2.94. The van der Waals surface area contributed by atoms with Gasteiger partial charge in [0.2, 0.25) is 0 Å². The number of nitrogens with one attached hydrogen (secondary N) is 1. The Morgan fingerprint density at radius 2 is 1.95 bits per heavy atom. The molecule has 3 N–H and O–H groups in total. The Morgan fingerprint density at radius 1 is 1.37 bits per heavy atom. The normalized spacial score (nSPS) is 24.9. The molecule has 1 aliphatic rings. The van der Waals surface area contributed by atoms with Crippen LogP contribution in [-0.4, -0.2) is 18.8 Å². The van der Waals surface area contributed by atoms with Gasteiger partial charge in [0.25, 0.3) is 0 Å². The van der Waals surface area contributed by atoms with Crippen molar-refractivity contribution in [1.82, 2.24) is 0 Å². The van der Waals surface area contributed by atoms with E-state index < -0.39 is 11.6 Å². The predicted octanol–water partition coefficient (Wildman–Crippen LogP) is 3.16. The van der Waals surface area contributed by atoms with Gasteiger partial charge < -0.3 is 15.8 Å². The molecule has 0 radical (unpaired) electrons. The van der Waals surface area contributed by atoms with Gasteiger partial charge in [0.05, 0.1) is 6.10 Å². The Hall–Kier alpha value is -1.36. The van der Waals surface area contributed by atoms with Crippen molar-refractivity contribution < 1.29 is 13.5 Å². The minimum absolute atomic E-state index is 0.0170. The molecule has 0 aliphatic heterocycles. The molecular weight excluding hydrogens is 250 g/mol. The van der Waals surface area contributed by atoms with Crippen molar-refractivity contribution in [2.45, 2.75) is 39.3 Å². The summed E-state index contributed by atoms with van der Waals surface area (Å²) < 4.78 is 33.0. The van der Waals surface area contributed by atoms with Crippen LogP contribution in [0.5, 0.6) is 0 Å². The summed E-state index contributed by atoms with van der Waals surface area (Å²) in [6, 6.07) is 2.23. The minimum Gasteiger partial charge on any atom is -0.399 e. The highest BCUT2D eigenvalue weighted by atomic mass is 19.1. The van der Waals surface area contributed by atoms with Crippen molar-refractivity contribution in [3.63, 3.8) is 0 Å². The summed E-state index contributed by atoms with van der Waals surface area (Å²) >= 11 is 0. The highest BCUT2D eigenvalue weighted by Crippen LogP contribution is 2.44. The maximum atomic E-state index is 13.7. The first-order valence-corrected chi connectivity index (χ1v) is 6.49. The molecule has 2 atom stereocenters. The second-order valence-corrected chi connectivity index (χ2v) is 5.56. The van der Waals surface area contributed by atoms with Crippen molar-refractivity contribution in [2.24, 2.45) is 5.41 Å². The van der Waals surface area contributed by atoms with Crippen molar-refractivity contribution in [2.75, 3.05) is 17.7 Å². The Morgan fingerprint density at radius 3 is 2.42 bits per heavy atom. The maximum Gasteiger partial charge on any atom is 0.151 e. The molecule has 0 bridgehead atoms. The summed E-state index contributed by atoms with van der Waals surface area (Å²) in [7, 11) is 0.